The Kier molecular flexibility index (Phi) is 5.42. The number of thiocarbonyl (C=S) groups is 1. The Morgan fingerprint density at radius 2 is 1.76 bits per heavy atom. The Morgan fingerprint density at radius 3 is 2.55 bits per heavy atom. The van der Waals surface area contributed by atoms with E-state index in [1.54, 1.807) is 6.92 Å². The van der Waals surface area contributed by atoms with Gasteiger partial charge in [-0.1, -0.05) is 69.6 Å². The average molecular weight is 466 g/mol. The van der Waals surface area contributed by atoms with E-state index >= 15 is 0 Å². The lowest BCUT2D eigenvalue weighted by Gasteiger charge is -2.11. The third-order valence-corrected chi connectivity index (χ3v) is 5.35. The first-order chi connectivity index (χ1) is 14.0. The summed E-state index contributed by atoms with van der Waals surface area (Å²) in [5.74, 6) is 0.0366. The van der Waals surface area contributed by atoms with E-state index in [0.717, 1.165) is 26.5 Å². The van der Waals surface area contributed by atoms with E-state index in [1.165, 1.54) is 0 Å². The van der Waals surface area contributed by atoms with Crippen molar-refractivity contribution in [2.24, 2.45) is 0 Å². The molecule has 0 bridgehead atoms. The number of anilines is 1. The number of halogens is 1. The van der Waals surface area contributed by atoms with Gasteiger partial charge in [-0.05, 0) is 48.1 Å². The van der Waals surface area contributed by atoms with E-state index in [9.17, 15) is 4.79 Å². The number of rotatable bonds is 3. The summed E-state index contributed by atoms with van der Waals surface area (Å²) in [6, 6.07) is 21.4. The molecule has 0 aliphatic rings. The van der Waals surface area contributed by atoms with Gasteiger partial charge in [0.2, 0.25) is 0 Å². The Balaban J connectivity index is 1.54. The molecule has 3 aromatic carbocycles. The van der Waals surface area contributed by atoms with Gasteiger partial charge in [0.1, 0.15) is 17.0 Å². The molecule has 0 aliphatic heterocycles. The summed E-state index contributed by atoms with van der Waals surface area (Å²) in [5, 5.41) is 12.2. The zero-order chi connectivity index (χ0) is 20.4. The van der Waals surface area contributed by atoms with Gasteiger partial charge in [0.25, 0.3) is 5.91 Å². The summed E-state index contributed by atoms with van der Waals surface area (Å²) in [7, 11) is 0. The van der Waals surface area contributed by atoms with E-state index in [0.29, 0.717) is 17.0 Å². The fourth-order valence-electron chi connectivity index (χ4n) is 3.07. The van der Waals surface area contributed by atoms with Crippen molar-refractivity contribution in [2.45, 2.75) is 6.92 Å². The lowest BCUT2D eigenvalue weighted by Crippen LogP contribution is -2.34. The fraction of sp³-hybridized carbons (Fsp3) is 0.0455. The van der Waals surface area contributed by atoms with E-state index in [4.69, 9.17) is 16.7 Å². The van der Waals surface area contributed by atoms with Gasteiger partial charge in [-0.25, -0.2) is 0 Å². The van der Waals surface area contributed by atoms with Gasteiger partial charge < -0.3 is 9.84 Å². The van der Waals surface area contributed by atoms with E-state index in [1.807, 2.05) is 66.7 Å². The predicted octanol–water partition coefficient (Wildman–Crippen LogP) is 5.69. The van der Waals surface area contributed by atoms with Crippen LogP contribution in [0.4, 0.5) is 5.69 Å². The molecular weight excluding hydrogens is 450 g/mol. The maximum atomic E-state index is 12.9. The number of nitrogens with one attached hydrogen (secondary N) is 2. The second kappa shape index (κ2) is 8.14. The number of benzene rings is 3. The van der Waals surface area contributed by atoms with Crippen LogP contribution in [0.25, 0.3) is 22.0 Å². The highest BCUT2D eigenvalue weighted by atomic mass is 79.9. The second-order valence-corrected chi connectivity index (χ2v) is 7.67. The third-order valence-electron chi connectivity index (χ3n) is 4.45. The molecule has 2 N–H and O–H groups in total. The molecular formula is C22H16BrN3O2S. The highest BCUT2D eigenvalue weighted by Gasteiger charge is 2.23. The van der Waals surface area contributed by atoms with E-state index in [-0.39, 0.29) is 11.0 Å². The standard InChI is InChI=1S/C22H16BrN3O2S/c1-13-19(20(26-28-13)17-8-4-5-9-18(17)23)21(27)25-22(29)24-16-11-10-14-6-2-3-7-15(14)12-16/h2-12H,1H3,(H2,24,25,27,29). The van der Waals surface area contributed by atoms with Gasteiger partial charge in [0.15, 0.2) is 5.11 Å². The number of fused-ring (bicyclic) bond motifs is 1. The number of carbonyl (C=O) groups is 1. The van der Waals surface area contributed by atoms with Crippen LogP contribution in [0.3, 0.4) is 0 Å². The molecule has 0 unspecified atom stereocenters. The van der Waals surface area contributed by atoms with Crippen molar-refractivity contribution in [1.29, 1.82) is 0 Å². The van der Waals surface area contributed by atoms with Gasteiger partial charge in [0.05, 0.1) is 0 Å². The summed E-state index contributed by atoms with van der Waals surface area (Å²) in [6.45, 7) is 1.70. The van der Waals surface area contributed by atoms with Crippen molar-refractivity contribution in [1.82, 2.24) is 10.5 Å². The van der Waals surface area contributed by atoms with Crippen LogP contribution in [-0.4, -0.2) is 16.2 Å². The van der Waals surface area contributed by atoms with Crippen LogP contribution >= 0.6 is 28.1 Å². The Labute approximate surface area is 181 Å². The molecule has 0 spiro atoms. The number of aryl methyl sites for hydroxylation is 1. The van der Waals surface area contributed by atoms with Gasteiger partial charge >= 0.3 is 0 Å². The zero-order valence-corrected chi connectivity index (χ0v) is 17.8. The molecule has 0 aliphatic carbocycles. The molecule has 0 atom stereocenters. The summed E-state index contributed by atoms with van der Waals surface area (Å²) in [5.41, 5.74) is 2.37. The Hall–Kier alpha value is -3.03. The van der Waals surface area contributed by atoms with Crippen molar-refractivity contribution in [2.75, 3.05) is 5.32 Å². The van der Waals surface area contributed by atoms with Gasteiger partial charge in [-0.3, -0.25) is 10.1 Å². The highest BCUT2D eigenvalue weighted by Crippen LogP contribution is 2.31. The number of nitrogens with zero attached hydrogens (tertiary/aromatic N) is 1. The second-order valence-electron chi connectivity index (χ2n) is 6.41. The molecule has 0 fully saturated rings. The Morgan fingerprint density at radius 1 is 1.03 bits per heavy atom. The maximum Gasteiger partial charge on any atom is 0.263 e. The molecule has 5 nitrogen and oxygen atoms in total. The first-order valence-electron chi connectivity index (χ1n) is 8.85. The predicted molar refractivity (Wildman–Crippen MR) is 122 cm³/mol. The van der Waals surface area contributed by atoms with Crippen molar-refractivity contribution >= 4 is 55.6 Å². The van der Waals surface area contributed by atoms with Crippen LogP contribution in [0.1, 0.15) is 16.1 Å². The van der Waals surface area contributed by atoms with E-state index in [2.05, 4.69) is 31.7 Å². The molecule has 4 rings (SSSR count). The van der Waals surface area contributed by atoms with Crippen LogP contribution in [0.2, 0.25) is 0 Å². The highest BCUT2D eigenvalue weighted by molar-refractivity contribution is 9.10. The van der Waals surface area contributed by atoms with Gasteiger partial charge in [0, 0.05) is 15.7 Å². The monoisotopic (exact) mass is 465 g/mol. The van der Waals surface area contributed by atoms with Crippen molar-refractivity contribution in [3.8, 4) is 11.3 Å². The van der Waals surface area contributed by atoms with Gasteiger partial charge in [-0.2, -0.15) is 0 Å². The molecule has 0 radical (unpaired) electrons. The van der Waals surface area contributed by atoms with Crippen molar-refractivity contribution in [3.05, 3.63) is 82.5 Å². The van der Waals surface area contributed by atoms with Gasteiger partial charge in [-0.15, -0.1) is 0 Å². The number of aromatic nitrogens is 1. The molecule has 29 heavy (non-hydrogen) atoms. The minimum absolute atomic E-state index is 0.198. The minimum atomic E-state index is -0.382. The lowest BCUT2D eigenvalue weighted by atomic mass is 10.1. The maximum absolute atomic E-state index is 12.9. The quantitative estimate of drug-likeness (QED) is 0.380. The van der Waals surface area contributed by atoms with Crippen LogP contribution < -0.4 is 10.6 Å². The normalized spacial score (nSPS) is 10.7. The molecule has 1 heterocycles. The van der Waals surface area contributed by atoms with Crippen LogP contribution in [0.15, 0.2) is 75.7 Å². The Bertz CT molecular complexity index is 1240. The topological polar surface area (TPSA) is 67.2 Å². The SMILES string of the molecule is Cc1onc(-c2ccccc2Br)c1C(=O)NC(=S)Nc1ccc2ccccc2c1. The van der Waals surface area contributed by atoms with Crippen LogP contribution in [0.5, 0.6) is 0 Å². The number of hydrogen-bond acceptors (Lipinski definition) is 4. The molecule has 1 aromatic heterocycles. The summed E-state index contributed by atoms with van der Waals surface area (Å²) < 4.78 is 6.10. The summed E-state index contributed by atoms with van der Waals surface area (Å²) in [4.78, 5) is 12.9. The minimum Gasteiger partial charge on any atom is -0.360 e. The van der Waals surface area contributed by atoms with E-state index < -0.39 is 0 Å². The first-order valence-corrected chi connectivity index (χ1v) is 10.1. The summed E-state index contributed by atoms with van der Waals surface area (Å²) in [6.07, 6.45) is 0. The fourth-order valence-corrected chi connectivity index (χ4v) is 3.75. The molecule has 0 saturated heterocycles. The molecule has 1 amide bonds. The van der Waals surface area contributed by atoms with Crippen molar-refractivity contribution in [3.63, 3.8) is 0 Å². The summed E-state index contributed by atoms with van der Waals surface area (Å²) >= 11 is 8.82. The zero-order valence-electron chi connectivity index (χ0n) is 15.4. The first kappa shape index (κ1) is 19.3. The number of amides is 1. The smallest absolute Gasteiger partial charge is 0.263 e. The number of carbonyl (C=O) groups excluding carboxylic acids is 1. The molecule has 7 heteroatoms. The molecule has 144 valence electrons. The average Bonchev–Trinajstić information content (AvgIpc) is 3.09. The molecule has 0 saturated carbocycles. The number of hydrogen-bond donors (Lipinski definition) is 2. The van der Waals surface area contributed by atoms with Crippen LogP contribution in [0, 0.1) is 6.92 Å². The lowest BCUT2D eigenvalue weighted by molar-refractivity contribution is 0.0977. The molecule has 4 aromatic rings. The van der Waals surface area contributed by atoms with Crippen molar-refractivity contribution < 1.29 is 9.32 Å². The third kappa shape index (κ3) is 4.06. The van der Waals surface area contributed by atoms with Crippen LogP contribution in [-0.2, 0) is 0 Å². The largest absolute Gasteiger partial charge is 0.360 e.